The maximum atomic E-state index is 13.1. The Morgan fingerprint density at radius 3 is 1.00 bits per heavy atom. The van der Waals surface area contributed by atoms with Crippen molar-refractivity contribution >= 4 is 5.91 Å². The molecule has 0 aromatic carbocycles. The van der Waals surface area contributed by atoms with E-state index in [1.807, 2.05) is 0 Å². The summed E-state index contributed by atoms with van der Waals surface area (Å²) in [6.45, 7) is 3.90. The molecule has 424 valence electrons. The van der Waals surface area contributed by atoms with Crippen LogP contribution in [0.25, 0.3) is 0 Å². The monoisotopic (exact) mass is 1010 g/mol. The van der Waals surface area contributed by atoms with Crippen molar-refractivity contribution in [1.82, 2.24) is 5.32 Å². The first-order chi connectivity index (χ1) is 34.8. The largest absolute Gasteiger partial charge is 0.394 e. The highest BCUT2D eigenvalue weighted by Gasteiger charge is 2.44. The fourth-order valence-electron chi connectivity index (χ4n) is 10.7. The van der Waals surface area contributed by atoms with E-state index in [0.29, 0.717) is 12.8 Å². The lowest BCUT2D eigenvalue weighted by molar-refractivity contribution is -0.302. The number of aliphatic hydroxyl groups is 5. The minimum absolute atomic E-state index is 0.131. The van der Waals surface area contributed by atoms with E-state index in [4.69, 9.17) is 9.47 Å². The number of rotatable bonds is 56. The number of hydrogen-bond acceptors (Lipinski definition) is 8. The molecule has 1 saturated heterocycles. The fraction of sp³-hybridized carbons (Fsp3) is 0.984. The molecule has 0 saturated carbocycles. The molecule has 1 rings (SSSR count). The molecular weight excluding hydrogens is 887 g/mol. The molecule has 1 heterocycles. The van der Waals surface area contributed by atoms with Crippen molar-refractivity contribution in [3.63, 3.8) is 0 Å². The molecule has 0 aromatic heterocycles. The molecule has 0 aromatic rings. The summed E-state index contributed by atoms with van der Waals surface area (Å²) >= 11 is 0. The van der Waals surface area contributed by atoms with E-state index in [1.165, 1.54) is 270 Å². The van der Waals surface area contributed by atoms with Gasteiger partial charge >= 0.3 is 0 Å². The van der Waals surface area contributed by atoms with Crippen molar-refractivity contribution in [2.24, 2.45) is 0 Å². The van der Waals surface area contributed by atoms with E-state index < -0.39 is 49.5 Å². The smallest absolute Gasteiger partial charge is 0.220 e. The van der Waals surface area contributed by atoms with Crippen LogP contribution in [0.3, 0.4) is 0 Å². The van der Waals surface area contributed by atoms with Crippen molar-refractivity contribution in [2.45, 2.75) is 378 Å². The highest BCUT2D eigenvalue weighted by atomic mass is 16.7. The summed E-state index contributed by atoms with van der Waals surface area (Å²) in [7, 11) is 0. The SMILES string of the molecule is CCCCCCCCCCCCCCCCCCCCCCCCCCCCC(O)C(COC1OC(CO)C(O)C(O)C1O)NC(=O)CCCCCCCCCCCCCCCCCCCCCCCC. The van der Waals surface area contributed by atoms with Gasteiger partial charge in [-0.1, -0.05) is 316 Å². The van der Waals surface area contributed by atoms with Crippen molar-refractivity contribution in [1.29, 1.82) is 0 Å². The summed E-state index contributed by atoms with van der Waals surface area (Å²) in [4.78, 5) is 13.1. The van der Waals surface area contributed by atoms with Crippen molar-refractivity contribution in [2.75, 3.05) is 13.2 Å². The van der Waals surface area contributed by atoms with Crippen LogP contribution < -0.4 is 5.32 Å². The van der Waals surface area contributed by atoms with E-state index in [-0.39, 0.29) is 12.5 Å². The Bertz CT molecular complexity index is 1080. The minimum atomic E-state index is -1.55. The van der Waals surface area contributed by atoms with Crippen LogP contribution in [0.15, 0.2) is 0 Å². The lowest BCUT2D eigenvalue weighted by Crippen LogP contribution is -2.60. The minimum Gasteiger partial charge on any atom is -0.394 e. The van der Waals surface area contributed by atoms with Crippen LogP contribution >= 0.6 is 0 Å². The number of unbranched alkanes of at least 4 members (excludes halogenated alkanes) is 46. The number of aliphatic hydroxyl groups excluding tert-OH is 5. The molecule has 1 aliphatic heterocycles. The third-order valence-corrected chi connectivity index (χ3v) is 15.7. The van der Waals surface area contributed by atoms with Gasteiger partial charge in [-0.2, -0.15) is 0 Å². The van der Waals surface area contributed by atoms with Gasteiger partial charge in [-0.05, 0) is 12.8 Å². The van der Waals surface area contributed by atoms with E-state index in [2.05, 4.69) is 19.2 Å². The van der Waals surface area contributed by atoms with Gasteiger partial charge in [0, 0.05) is 6.42 Å². The van der Waals surface area contributed by atoms with Crippen molar-refractivity contribution in [3.8, 4) is 0 Å². The number of carbonyl (C=O) groups excluding carboxylic acids is 1. The van der Waals surface area contributed by atoms with Gasteiger partial charge in [0.05, 0.1) is 25.4 Å². The normalized spacial score (nSPS) is 19.1. The van der Waals surface area contributed by atoms with Crippen LogP contribution in [0, 0.1) is 0 Å². The van der Waals surface area contributed by atoms with Gasteiger partial charge in [0.25, 0.3) is 0 Å². The quantitative estimate of drug-likeness (QED) is 0.0330. The second kappa shape index (κ2) is 52.6. The first-order valence-electron chi connectivity index (χ1n) is 31.7. The number of hydrogen-bond donors (Lipinski definition) is 6. The molecule has 0 aliphatic carbocycles. The number of carbonyl (C=O) groups is 1. The summed E-state index contributed by atoms with van der Waals surface area (Å²) < 4.78 is 11.4. The van der Waals surface area contributed by atoms with Gasteiger partial charge in [0.1, 0.15) is 24.4 Å². The van der Waals surface area contributed by atoms with Crippen LogP contribution in [-0.2, 0) is 14.3 Å². The Morgan fingerprint density at radius 1 is 0.423 bits per heavy atom. The maximum Gasteiger partial charge on any atom is 0.220 e. The topological polar surface area (TPSA) is 149 Å². The maximum absolute atomic E-state index is 13.1. The molecule has 0 spiro atoms. The van der Waals surface area contributed by atoms with Gasteiger partial charge in [0.2, 0.25) is 5.91 Å². The Balaban J connectivity index is 2.14. The molecule has 0 bridgehead atoms. The summed E-state index contributed by atoms with van der Waals surface area (Å²) in [6, 6.07) is -0.714. The number of amides is 1. The first kappa shape index (κ1) is 68.2. The van der Waals surface area contributed by atoms with Crippen LogP contribution in [0.5, 0.6) is 0 Å². The molecule has 7 unspecified atom stereocenters. The average molecular weight is 1010 g/mol. The molecule has 1 aliphatic rings. The molecule has 71 heavy (non-hydrogen) atoms. The molecule has 1 fully saturated rings. The van der Waals surface area contributed by atoms with Crippen LogP contribution in [-0.4, -0.2) is 87.5 Å². The molecule has 9 nitrogen and oxygen atoms in total. The molecular formula is C62H123NO8. The summed E-state index contributed by atoms with van der Waals surface area (Å²) in [5.74, 6) is -0.135. The molecule has 6 N–H and O–H groups in total. The Labute approximate surface area is 440 Å². The van der Waals surface area contributed by atoms with Gasteiger partial charge in [0.15, 0.2) is 6.29 Å². The molecule has 7 atom stereocenters. The molecule has 9 heteroatoms. The molecule has 1 amide bonds. The summed E-state index contributed by atoms with van der Waals surface area (Å²) in [6.07, 6.45) is 57.2. The lowest BCUT2D eigenvalue weighted by Gasteiger charge is -2.40. The van der Waals surface area contributed by atoms with E-state index in [0.717, 1.165) is 38.5 Å². The third kappa shape index (κ3) is 42.0. The van der Waals surface area contributed by atoms with Gasteiger partial charge in [-0.25, -0.2) is 0 Å². The van der Waals surface area contributed by atoms with Crippen LogP contribution in [0.4, 0.5) is 0 Å². The fourth-order valence-corrected chi connectivity index (χ4v) is 10.7. The van der Waals surface area contributed by atoms with Gasteiger partial charge < -0.3 is 40.3 Å². The number of ether oxygens (including phenoxy) is 2. The summed E-state index contributed by atoms with van der Waals surface area (Å²) in [5, 5.41) is 54.8. The average Bonchev–Trinajstić information content (AvgIpc) is 3.37. The van der Waals surface area contributed by atoms with E-state index in [9.17, 15) is 30.3 Å². The first-order valence-corrected chi connectivity index (χ1v) is 31.7. The number of nitrogens with one attached hydrogen (secondary N) is 1. The zero-order valence-corrected chi connectivity index (χ0v) is 47.3. The van der Waals surface area contributed by atoms with Gasteiger partial charge in [-0.3, -0.25) is 4.79 Å². The Kier molecular flexibility index (Phi) is 50.6. The summed E-state index contributed by atoms with van der Waals surface area (Å²) in [5.41, 5.74) is 0. The Morgan fingerprint density at radius 2 is 0.704 bits per heavy atom. The highest BCUT2D eigenvalue weighted by molar-refractivity contribution is 5.76. The van der Waals surface area contributed by atoms with Crippen LogP contribution in [0.1, 0.15) is 335 Å². The predicted molar refractivity (Wildman–Crippen MR) is 300 cm³/mol. The lowest BCUT2D eigenvalue weighted by atomic mass is 9.99. The zero-order valence-electron chi connectivity index (χ0n) is 47.3. The standard InChI is InChI=1S/C62H123NO8/c1-3-5-7-9-11-13-15-17-19-21-23-25-27-28-29-30-31-33-35-37-39-41-43-45-47-49-51-56(65)55(54-70-62-61(69)60(68)59(67)57(53-64)71-62)63-58(66)52-50-48-46-44-42-40-38-36-34-32-26-24-22-20-18-16-14-12-10-8-6-4-2/h55-57,59-62,64-65,67-69H,3-54H2,1-2H3,(H,63,66). The predicted octanol–water partition coefficient (Wildman–Crippen LogP) is 16.2. The second-order valence-electron chi connectivity index (χ2n) is 22.6. The third-order valence-electron chi connectivity index (χ3n) is 15.7. The molecule has 0 radical (unpaired) electrons. The van der Waals surface area contributed by atoms with Crippen molar-refractivity contribution < 1.29 is 39.8 Å². The van der Waals surface area contributed by atoms with E-state index >= 15 is 0 Å². The second-order valence-corrected chi connectivity index (χ2v) is 22.6. The zero-order chi connectivity index (χ0) is 51.5. The highest BCUT2D eigenvalue weighted by Crippen LogP contribution is 2.24. The van der Waals surface area contributed by atoms with Gasteiger partial charge in [-0.15, -0.1) is 0 Å². The van der Waals surface area contributed by atoms with E-state index in [1.54, 1.807) is 0 Å². The Hall–Kier alpha value is -0.810. The van der Waals surface area contributed by atoms with Crippen LogP contribution in [0.2, 0.25) is 0 Å². The van der Waals surface area contributed by atoms with Crippen molar-refractivity contribution in [3.05, 3.63) is 0 Å².